The number of fused-ring (bicyclic) bond motifs is 2. The first-order valence-corrected chi connectivity index (χ1v) is 6.96. The SMILES string of the molecule is C[C@H]1OC(=O)[C@@H]2C[C@@H]3CC(=[OH+])CC[C@H]3[C@H](C(=O)O)[C@H]12. The van der Waals surface area contributed by atoms with Gasteiger partial charge in [0.1, 0.15) is 6.10 Å². The second-order valence-electron chi connectivity index (χ2n) is 6.16. The molecule has 2 saturated carbocycles. The molecule has 0 bridgehead atoms. The number of hydrogen-bond donors (Lipinski definition) is 1. The second-order valence-corrected chi connectivity index (χ2v) is 6.16. The van der Waals surface area contributed by atoms with Crippen molar-refractivity contribution in [2.24, 2.45) is 29.6 Å². The average molecular weight is 267 g/mol. The molecule has 0 aromatic carbocycles. The van der Waals surface area contributed by atoms with Gasteiger partial charge in [-0.3, -0.25) is 14.4 Å². The Hall–Kier alpha value is -1.39. The molecule has 104 valence electrons. The number of aliphatic carboxylic acids is 1. The van der Waals surface area contributed by atoms with Gasteiger partial charge < -0.3 is 9.84 Å². The highest BCUT2D eigenvalue weighted by Crippen LogP contribution is 2.52. The smallest absolute Gasteiger partial charge is 0.309 e. The van der Waals surface area contributed by atoms with Crippen LogP contribution in [0.25, 0.3) is 0 Å². The number of carboxylic acid groups (broad SMARTS) is 1. The summed E-state index contributed by atoms with van der Waals surface area (Å²) in [4.78, 5) is 33.2. The van der Waals surface area contributed by atoms with Crippen LogP contribution in [0.5, 0.6) is 0 Å². The number of carbonyl (C=O) groups is 2. The number of carboxylic acids is 1. The van der Waals surface area contributed by atoms with E-state index in [1.54, 1.807) is 6.92 Å². The van der Waals surface area contributed by atoms with Crippen molar-refractivity contribution in [3.63, 3.8) is 0 Å². The molecule has 1 aliphatic heterocycles. The van der Waals surface area contributed by atoms with Crippen molar-refractivity contribution in [3.05, 3.63) is 0 Å². The van der Waals surface area contributed by atoms with Crippen LogP contribution in [-0.2, 0) is 14.3 Å². The van der Waals surface area contributed by atoms with Gasteiger partial charge in [0, 0.05) is 5.92 Å². The van der Waals surface area contributed by atoms with Crippen LogP contribution in [0.2, 0.25) is 0 Å². The molecule has 0 amide bonds. The van der Waals surface area contributed by atoms with Gasteiger partial charge in [-0.15, -0.1) is 0 Å². The van der Waals surface area contributed by atoms with E-state index in [1.165, 1.54) is 0 Å². The molecule has 2 aliphatic carbocycles. The van der Waals surface area contributed by atoms with Crippen molar-refractivity contribution in [2.75, 3.05) is 0 Å². The summed E-state index contributed by atoms with van der Waals surface area (Å²) in [5.41, 5.74) is 0. The third-order valence-corrected chi connectivity index (χ3v) is 5.20. The van der Waals surface area contributed by atoms with E-state index in [0.717, 1.165) is 0 Å². The van der Waals surface area contributed by atoms with Crippen LogP contribution in [-0.4, -0.2) is 33.7 Å². The minimum atomic E-state index is -0.823. The number of ether oxygens (including phenoxy) is 1. The first-order valence-electron chi connectivity index (χ1n) is 6.96. The molecular formula is C14H19O5+. The van der Waals surface area contributed by atoms with Crippen molar-refractivity contribution in [3.8, 4) is 0 Å². The molecule has 0 unspecified atom stereocenters. The maximum absolute atomic E-state index is 11.9. The number of cyclic esters (lactones) is 1. The Morgan fingerprint density at radius 2 is 2.21 bits per heavy atom. The van der Waals surface area contributed by atoms with Gasteiger partial charge in [-0.2, -0.15) is 0 Å². The lowest BCUT2D eigenvalue weighted by Crippen LogP contribution is -2.48. The van der Waals surface area contributed by atoms with E-state index in [4.69, 9.17) is 4.74 Å². The zero-order valence-corrected chi connectivity index (χ0v) is 10.9. The molecule has 6 atom stereocenters. The van der Waals surface area contributed by atoms with Crippen molar-refractivity contribution in [1.29, 1.82) is 0 Å². The van der Waals surface area contributed by atoms with Crippen LogP contribution < -0.4 is 0 Å². The van der Waals surface area contributed by atoms with E-state index >= 15 is 0 Å². The van der Waals surface area contributed by atoms with Gasteiger partial charge in [-0.1, -0.05) is 0 Å². The van der Waals surface area contributed by atoms with E-state index in [-0.39, 0.29) is 35.7 Å². The van der Waals surface area contributed by atoms with Crippen LogP contribution in [0, 0.1) is 29.6 Å². The van der Waals surface area contributed by atoms with E-state index in [2.05, 4.69) is 0 Å². The fraction of sp³-hybridized carbons (Fsp3) is 0.786. The number of hydrogen-bond acceptors (Lipinski definition) is 3. The molecule has 5 nitrogen and oxygen atoms in total. The summed E-state index contributed by atoms with van der Waals surface area (Å²) in [5.74, 6) is -1.49. The maximum atomic E-state index is 11.9. The lowest BCUT2D eigenvalue weighted by atomic mass is 9.57. The quantitative estimate of drug-likeness (QED) is 0.572. The number of carbonyl (C=O) groups excluding carboxylic acids is 2. The summed E-state index contributed by atoms with van der Waals surface area (Å²) < 4.78 is 5.25. The van der Waals surface area contributed by atoms with Gasteiger partial charge in [0.15, 0.2) is 0 Å². The van der Waals surface area contributed by atoms with Crippen LogP contribution in [0.15, 0.2) is 0 Å². The molecule has 0 aromatic heterocycles. The topological polar surface area (TPSA) is 85.0 Å². The van der Waals surface area contributed by atoms with Gasteiger partial charge in [0.05, 0.1) is 24.7 Å². The summed E-state index contributed by atoms with van der Waals surface area (Å²) in [6.07, 6.45) is 2.19. The van der Waals surface area contributed by atoms with E-state index in [9.17, 15) is 19.5 Å². The number of esters is 1. The molecule has 5 heteroatoms. The molecule has 1 heterocycles. The van der Waals surface area contributed by atoms with Gasteiger partial charge in [0.2, 0.25) is 0 Å². The normalized spacial score (nSPS) is 45.3. The Labute approximate surface area is 111 Å². The zero-order valence-electron chi connectivity index (χ0n) is 10.9. The first-order chi connectivity index (χ1) is 8.99. The van der Waals surface area contributed by atoms with Gasteiger partial charge in [-0.05, 0) is 31.6 Å². The van der Waals surface area contributed by atoms with Crippen LogP contribution in [0.3, 0.4) is 0 Å². The third-order valence-electron chi connectivity index (χ3n) is 5.20. The highest BCUT2D eigenvalue weighted by Gasteiger charge is 2.58. The zero-order chi connectivity index (χ0) is 13.7. The minimum absolute atomic E-state index is 0.0617. The van der Waals surface area contributed by atoms with Crippen LogP contribution in [0.4, 0.5) is 0 Å². The highest BCUT2D eigenvalue weighted by atomic mass is 16.6. The highest BCUT2D eigenvalue weighted by molar-refractivity contribution is 5.83. The monoisotopic (exact) mass is 267 g/mol. The second kappa shape index (κ2) is 4.32. The summed E-state index contributed by atoms with van der Waals surface area (Å²) in [6.45, 7) is 1.80. The Bertz CT molecular complexity index is 443. The van der Waals surface area contributed by atoms with Crippen molar-refractivity contribution < 1.29 is 24.2 Å². The summed E-state index contributed by atoms with van der Waals surface area (Å²) in [5, 5.41) is 9.56. The van der Waals surface area contributed by atoms with Crippen molar-refractivity contribution >= 4 is 17.7 Å². The standard InChI is InChI=1S/C14H18O5/c1-6-11-10(14(18)19-6)5-7-4-8(15)2-3-9(7)12(11)13(16)17/h6-7,9-12H,2-5H2,1H3,(H,16,17)/p+1/t6-,7+,9-,10-,11-,12+/m1/s1. The summed E-state index contributed by atoms with van der Waals surface area (Å²) in [6, 6.07) is 0. The Kier molecular flexibility index (Phi) is 2.87. The lowest BCUT2D eigenvalue weighted by molar-refractivity contribution is -0.151. The largest absolute Gasteiger partial charge is 0.481 e. The van der Waals surface area contributed by atoms with Gasteiger partial charge >= 0.3 is 11.9 Å². The van der Waals surface area contributed by atoms with Crippen LogP contribution >= 0.6 is 0 Å². The summed E-state index contributed by atoms with van der Waals surface area (Å²) >= 11 is 0. The molecule has 1 saturated heterocycles. The molecule has 3 fully saturated rings. The fourth-order valence-electron chi connectivity index (χ4n) is 4.44. The molecular weight excluding hydrogens is 248 g/mol. The predicted molar refractivity (Wildman–Crippen MR) is 66.1 cm³/mol. The first kappa shape index (κ1) is 12.6. The van der Waals surface area contributed by atoms with Gasteiger partial charge in [0.25, 0.3) is 5.78 Å². The average Bonchev–Trinajstić information content (AvgIpc) is 2.61. The molecule has 19 heavy (non-hydrogen) atoms. The molecule has 0 spiro atoms. The van der Waals surface area contributed by atoms with E-state index < -0.39 is 11.9 Å². The van der Waals surface area contributed by atoms with Crippen molar-refractivity contribution in [2.45, 2.75) is 38.7 Å². The minimum Gasteiger partial charge on any atom is -0.481 e. The number of ketones is 1. The fourth-order valence-corrected chi connectivity index (χ4v) is 4.44. The molecule has 3 rings (SSSR count). The third kappa shape index (κ3) is 1.86. The van der Waals surface area contributed by atoms with E-state index in [1.807, 2.05) is 0 Å². The molecule has 3 aliphatic rings. The van der Waals surface area contributed by atoms with Crippen molar-refractivity contribution in [1.82, 2.24) is 0 Å². The predicted octanol–water partition coefficient (Wildman–Crippen LogP) is 1.23. The maximum Gasteiger partial charge on any atom is 0.309 e. The summed E-state index contributed by atoms with van der Waals surface area (Å²) in [7, 11) is 0. The molecule has 0 aromatic rings. The van der Waals surface area contributed by atoms with Crippen LogP contribution in [0.1, 0.15) is 32.6 Å². The Balaban J connectivity index is 1.95. The van der Waals surface area contributed by atoms with E-state index in [0.29, 0.717) is 31.5 Å². The molecule has 0 radical (unpaired) electrons. The number of rotatable bonds is 1. The lowest BCUT2D eigenvalue weighted by Gasteiger charge is -2.43. The Morgan fingerprint density at radius 3 is 2.89 bits per heavy atom. The Morgan fingerprint density at radius 1 is 1.47 bits per heavy atom. The van der Waals surface area contributed by atoms with Gasteiger partial charge in [-0.25, -0.2) is 0 Å². The molecule has 2 N–H and O–H groups in total.